The second-order valence-corrected chi connectivity index (χ2v) is 29.4. The average Bonchev–Trinajstić information content (AvgIpc) is 0.864. The Kier molecular flexibility index (Phi) is 37.3. The predicted octanol–water partition coefficient (Wildman–Crippen LogP) is -6.78. The molecule has 4 heterocycles. The van der Waals surface area contributed by atoms with Gasteiger partial charge in [0, 0.05) is 35.9 Å². The summed E-state index contributed by atoms with van der Waals surface area (Å²) < 4.78 is 0. The number of aliphatic hydroxyl groups is 2. The van der Waals surface area contributed by atoms with Crippen molar-refractivity contribution in [2.45, 2.75) is 198 Å². The van der Waals surface area contributed by atoms with E-state index in [1.165, 1.54) is 45.0 Å². The van der Waals surface area contributed by atoms with Gasteiger partial charge in [-0.25, -0.2) is 4.79 Å². The number of aliphatic hydroxyl groups excluding tert-OH is 2. The topological polar surface area (TPSA) is 598 Å². The number of benzene rings is 1. The van der Waals surface area contributed by atoms with Crippen molar-refractivity contribution in [3.05, 3.63) is 29.8 Å². The first-order chi connectivity index (χ1) is 48.0. The molecule has 0 aliphatic carbocycles. The summed E-state index contributed by atoms with van der Waals surface area (Å²) in [5, 5.41) is 88.1. The summed E-state index contributed by atoms with van der Waals surface area (Å²) in [5.74, 6) is -22.9. The number of carboxylic acid groups (broad SMARTS) is 2. The Morgan fingerprint density at radius 3 is 1.67 bits per heavy atom. The van der Waals surface area contributed by atoms with Crippen LogP contribution in [0.15, 0.2) is 24.3 Å². The molecule has 15 amide bonds. The Hall–Kier alpha value is -8.71. The molecule has 4 aliphatic rings. The summed E-state index contributed by atoms with van der Waals surface area (Å²) in [6.07, 6.45) is -5.15. The van der Waals surface area contributed by atoms with Gasteiger partial charge >= 0.3 is 11.9 Å². The molecule has 0 saturated carbocycles. The third-order valence-electron chi connectivity index (χ3n) is 15.9. The summed E-state index contributed by atoms with van der Waals surface area (Å²) in [6.45, 7) is 8.30. The third kappa shape index (κ3) is 29.5. The molecule has 4 aliphatic heterocycles. The smallest absolute Gasteiger partial charge is 0.327 e. The lowest BCUT2D eigenvalue weighted by molar-refractivity contribution is -0.141. The minimum absolute atomic E-state index is 0. The molecule has 1 aromatic rings. The molecule has 42 heteroatoms. The van der Waals surface area contributed by atoms with Gasteiger partial charge < -0.3 is 111 Å². The van der Waals surface area contributed by atoms with Gasteiger partial charge in [0.05, 0.1) is 31.2 Å². The van der Waals surface area contributed by atoms with E-state index in [-0.39, 0.29) is 26.0 Å². The number of aromatic hydroxyl groups is 1. The summed E-state index contributed by atoms with van der Waals surface area (Å²) in [4.78, 5) is 235. The van der Waals surface area contributed by atoms with Gasteiger partial charge in [0.15, 0.2) is 0 Å². The Bertz CT molecular complexity index is 3230. The van der Waals surface area contributed by atoms with Gasteiger partial charge in [0.2, 0.25) is 88.6 Å². The number of primary amides is 1. The number of amides is 15. The van der Waals surface area contributed by atoms with Crippen LogP contribution in [0.3, 0.4) is 0 Å². The summed E-state index contributed by atoms with van der Waals surface area (Å²) in [6, 6.07) is -17.9. The summed E-state index contributed by atoms with van der Waals surface area (Å²) in [5.41, 5.74) is 5.79. The number of nitrogens with one attached hydrogen (secondary N) is 15. The Labute approximate surface area is 608 Å². The summed E-state index contributed by atoms with van der Waals surface area (Å²) in [7, 11) is 2.85. The number of hydrogen-bond donors (Lipinski definition) is 21. The SMILES string of the molecule is C.CC[C@H](C)[C@@H]1NC(=O)[C@H](CCC(=O)O)NC(=O)[C@@H](NC(=O)[C@@H](NC(=O)[C@H](CC(N)=O)NC(=O)[C@@H]2CCCN2)[C@@H](C)O)CSSC[C@@H]2NC(=O)[C@H](C)NC(=O)[C@H](C)NC(=O)[C@H](Cc3ccc(O)cc3)NC(=O)[C@H](C)NC(=O)[C@H](CSSC[C@@H](C(=O)O)NC(=O)CNC(=O)[C@H]([C@@H](C)O)NC2=O)NC1=O. The molecule has 22 N–H and O–H groups in total. The lowest BCUT2D eigenvalue weighted by atomic mass is 9.97. The molecule has 0 aromatic heterocycles. The zero-order valence-corrected chi connectivity index (χ0v) is 60.0. The third-order valence-corrected chi connectivity index (χ3v) is 20.8. The van der Waals surface area contributed by atoms with Crippen LogP contribution in [0.2, 0.25) is 0 Å². The van der Waals surface area contributed by atoms with Crippen molar-refractivity contribution < 1.29 is 107 Å². The van der Waals surface area contributed by atoms with E-state index in [0.29, 0.717) is 46.5 Å². The highest BCUT2D eigenvalue weighted by molar-refractivity contribution is 8.77. The number of nitrogens with two attached hydrogens (primary N) is 1. The molecule has 1 aromatic carbocycles. The maximum atomic E-state index is 14.8. The normalized spacial score (nSPS) is 27.0. The molecule has 0 unspecified atom stereocenters. The van der Waals surface area contributed by atoms with Crippen LogP contribution in [0.5, 0.6) is 5.75 Å². The maximum Gasteiger partial charge on any atom is 0.327 e. The first-order valence-electron chi connectivity index (χ1n) is 32.3. The van der Waals surface area contributed by atoms with E-state index in [0.717, 1.165) is 42.4 Å². The van der Waals surface area contributed by atoms with Gasteiger partial charge in [-0.3, -0.25) is 76.7 Å². The number of carboxylic acids is 2. The van der Waals surface area contributed by atoms with Gasteiger partial charge in [0.1, 0.15) is 84.3 Å². The molecule has 0 radical (unpaired) electrons. The number of rotatable bonds is 18. The Morgan fingerprint density at radius 2 is 1.12 bits per heavy atom. The van der Waals surface area contributed by atoms with E-state index in [1.807, 2.05) is 0 Å². The standard InChI is InChI=1S/C60H90N16O22S4.CH4/c1-8-25(2)44-58(95)72-37-21-101-102-24-40(60(97)98)67-42(81)20-63-57(94)45(29(6)77)75-56(93)39(71-49(86)27(4)64-47(84)26(3)65-52(89)35(18-31-11-13-32(79)14-12-31)69-48(85)28(5)66-54(37)91)23-100-99-22-38(55(92)68-34(51(88)74-44)15-16-43(82)83)73-59(96)46(30(7)78)76-53(90)36(19-41(61)80)70-50(87)33-10-9-17-62-33;/h11-14,25-30,33-40,44-46,62,77-79H,8-10,15-24H2,1-7H3,(H2,61,80)(H,63,94)(H,64,84)(H,65,89)(H,66,91)(H,67,81)(H,68,92)(H,69,85)(H,70,87)(H,71,86)(H,72,95)(H,73,96)(H,74,88)(H,75,93)(H,76,90)(H,82,83)(H,97,98);1H4/t25-,26-,27-,28-,29+,30+,33-,34-,35-,36-,37-,38-,39-,40-,44-,45-,46-;/m0./s1. The van der Waals surface area contributed by atoms with Crippen molar-refractivity contribution in [1.82, 2.24) is 79.8 Å². The largest absolute Gasteiger partial charge is 0.508 e. The number of hydrogen-bond acceptors (Lipinski definition) is 25. The molecule has 38 nitrogen and oxygen atoms in total. The van der Waals surface area contributed by atoms with Crippen molar-refractivity contribution in [2.24, 2.45) is 11.7 Å². The van der Waals surface area contributed by atoms with Gasteiger partial charge in [-0.1, -0.05) is 83.0 Å². The van der Waals surface area contributed by atoms with Crippen LogP contribution in [0, 0.1) is 5.92 Å². The van der Waals surface area contributed by atoms with Crippen LogP contribution in [0.4, 0.5) is 0 Å². The Balaban J connectivity index is 0.0000276. The number of carbonyl (C=O) groups is 17. The lowest BCUT2D eigenvalue weighted by Crippen LogP contribution is -2.62. The van der Waals surface area contributed by atoms with Crippen molar-refractivity contribution in [3.63, 3.8) is 0 Å². The molecule has 17 atom stereocenters. The monoisotopic (exact) mass is 1530 g/mol. The van der Waals surface area contributed by atoms with Crippen LogP contribution in [-0.4, -0.2) is 259 Å². The molecule has 103 heavy (non-hydrogen) atoms. The van der Waals surface area contributed by atoms with E-state index < -0.39 is 252 Å². The van der Waals surface area contributed by atoms with E-state index in [9.17, 15) is 107 Å². The zero-order valence-electron chi connectivity index (χ0n) is 56.7. The number of aliphatic carboxylic acids is 2. The number of fused-ring (bicyclic) bond motifs is 37. The highest BCUT2D eigenvalue weighted by Gasteiger charge is 2.40. The quantitative estimate of drug-likeness (QED) is 0.0480. The molecule has 0 spiro atoms. The fourth-order valence-electron chi connectivity index (χ4n) is 9.74. The molecule has 5 rings (SSSR count). The lowest BCUT2D eigenvalue weighted by Gasteiger charge is -2.30. The van der Waals surface area contributed by atoms with Gasteiger partial charge in [0.25, 0.3) is 0 Å². The van der Waals surface area contributed by atoms with Gasteiger partial charge in [-0.15, -0.1) is 0 Å². The van der Waals surface area contributed by atoms with Crippen molar-refractivity contribution in [2.75, 3.05) is 36.1 Å². The molecular weight excluding hydrogens is 1440 g/mol. The molecular formula is C61H94N16O22S4. The first kappa shape index (κ1) is 88.5. The van der Waals surface area contributed by atoms with Crippen LogP contribution >= 0.6 is 43.2 Å². The van der Waals surface area contributed by atoms with Crippen molar-refractivity contribution in [1.29, 1.82) is 0 Å². The number of phenols is 1. The van der Waals surface area contributed by atoms with Crippen LogP contribution < -0.4 is 85.5 Å². The highest BCUT2D eigenvalue weighted by atomic mass is 33.1. The van der Waals surface area contributed by atoms with E-state index in [4.69, 9.17) is 5.73 Å². The van der Waals surface area contributed by atoms with E-state index in [1.54, 1.807) is 6.92 Å². The van der Waals surface area contributed by atoms with Crippen molar-refractivity contribution in [3.8, 4) is 5.75 Å². The van der Waals surface area contributed by atoms with Crippen LogP contribution in [0.25, 0.3) is 0 Å². The van der Waals surface area contributed by atoms with Crippen LogP contribution in [-0.2, 0) is 87.9 Å². The van der Waals surface area contributed by atoms with Gasteiger partial charge in [-0.05, 0) is 84.0 Å². The van der Waals surface area contributed by atoms with Crippen molar-refractivity contribution >= 4 is 144 Å². The zero-order chi connectivity index (χ0) is 76.2. The second-order valence-electron chi connectivity index (χ2n) is 24.3. The average molecular weight is 1530 g/mol. The van der Waals surface area contributed by atoms with Gasteiger partial charge in [-0.2, -0.15) is 0 Å². The second kappa shape index (κ2) is 43.4. The highest BCUT2D eigenvalue weighted by Crippen LogP contribution is 2.26. The van der Waals surface area contributed by atoms with E-state index in [2.05, 4.69) is 79.8 Å². The fourth-order valence-corrected chi connectivity index (χ4v) is 14.4. The minimum atomic E-state index is -2.02. The van der Waals surface area contributed by atoms with E-state index >= 15 is 0 Å². The molecule has 574 valence electrons. The fraction of sp³-hybridized carbons (Fsp3) is 0.623. The Morgan fingerprint density at radius 1 is 0.592 bits per heavy atom. The number of phenolic OH excluding ortho intramolecular Hbond substituents is 1. The molecule has 4 fully saturated rings. The summed E-state index contributed by atoms with van der Waals surface area (Å²) >= 11 is 0. The molecule has 2 bridgehead atoms. The molecule has 4 saturated heterocycles. The van der Waals surface area contributed by atoms with Crippen LogP contribution in [0.1, 0.15) is 100.0 Å². The maximum absolute atomic E-state index is 14.8. The predicted molar refractivity (Wildman–Crippen MR) is 376 cm³/mol. The number of carbonyl (C=O) groups excluding carboxylic acids is 15. The first-order valence-corrected chi connectivity index (χ1v) is 37.3. The minimum Gasteiger partial charge on any atom is -0.508 e.